The van der Waals surface area contributed by atoms with Gasteiger partial charge in [-0.15, -0.1) is 0 Å². The summed E-state index contributed by atoms with van der Waals surface area (Å²) in [4.78, 5) is 12.7. The van der Waals surface area contributed by atoms with Crippen LogP contribution in [0.5, 0.6) is 0 Å². The second kappa shape index (κ2) is 11.4. The molecule has 0 aromatic heterocycles. The Balaban J connectivity index is 1.48. The maximum absolute atomic E-state index is 12.7. The van der Waals surface area contributed by atoms with E-state index in [4.69, 9.17) is 0 Å². The van der Waals surface area contributed by atoms with E-state index in [1.54, 1.807) is 0 Å². The highest BCUT2D eigenvalue weighted by molar-refractivity contribution is 5.86. The third-order valence-electron chi connectivity index (χ3n) is 6.26. The molecule has 0 saturated carbocycles. The van der Waals surface area contributed by atoms with Crippen LogP contribution in [-0.4, -0.2) is 12.5 Å². The third kappa shape index (κ3) is 7.31. The lowest BCUT2D eigenvalue weighted by molar-refractivity contribution is -0.126. The quantitative estimate of drug-likeness (QED) is 0.381. The van der Waals surface area contributed by atoms with Crippen molar-refractivity contribution >= 4 is 16.7 Å². The van der Waals surface area contributed by atoms with E-state index < -0.39 is 5.41 Å². The zero-order valence-corrected chi connectivity index (χ0v) is 21.9. The molecular formula is C32H38N2O. The van der Waals surface area contributed by atoms with Crippen molar-refractivity contribution in [1.82, 2.24) is 10.6 Å². The molecule has 3 aromatic rings. The molecule has 182 valence electrons. The van der Waals surface area contributed by atoms with Crippen molar-refractivity contribution in [3.8, 4) is 11.8 Å². The topological polar surface area (TPSA) is 41.1 Å². The molecule has 0 fully saturated rings. The van der Waals surface area contributed by atoms with Crippen molar-refractivity contribution in [3.05, 3.63) is 95.6 Å². The van der Waals surface area contributed by atoms with Gasteiger partial charge in [0.1, 0.15) is 5.41 Å². The molecule has 0 aliphatic carbocycles. The normalized spacial score (nSPS) is 12.9. The summed E-state index contributed by atoms with van der Waals surface area (Å²) < 4.78 is 0. The highest BCUT2D eigenvalue weighted by Gasteiger charge is 2.24. The van der Waals surface area contributed by atoms with Crippen LogP contribution in [-0.2, 0) is 16.8 Å². The van der Waals surface area contributed by atoms with Crippen LogP contribution in [0, 0.1) is 17.3 Å². The Morgan fingerprint density at radius 3 is 2.34 bits per heavy atom. The van der Waals surface area contributed by atoms with E-state index >= 15 is 0 Å². The maximum atomic E-state index is 12.7. The molecular weight excluding hydrogens is 428 g/mol. The number of nitrogens with one attached hydrogen (secondary N) is 2. The fourth-order valence-corrected chi connectivity index (χ4v) is 3.91. The molecule has 0 heterocycles. The van der Waals surface area contributed by atoms with Gasteiger partial charge < -0.3 is 10.6 Å². The van der Waals surface area contributed by atoms with Crippen LogP contribution in [0.3, 0.4) is 0 Å². The van der Waals surface area contributed by atoms with Gasteiger partial charge in [-0.1, -0.05) is 105 Å². The molecule has 0 radical (unpaired) electrons. The van der Waals surface area contributed by atoms with E-state index in [1.807, 2.05) is 26.0 Å². The van der Waals surface area contributed by atoms with Gasteiger partial charge in [0.15, 0.2) is 0 Å². The predicted molar refractivity (Wildman–Crippen MR) is 148 cm³/mol. The third-order valence-corrected chi connectivity index (χ3v) is 6.26. The van der Waals surface area contributed by atoms with Crippen molar-refractivity contribution in [1.29, 1.82) is 0 Å². The molecule has 1 atom stereocenters. The molecule has 0 aliphatic heterocycles. The fourth-order valence-electron chi connectivity index (χ4n) is 3.91. The molecule has 3 aromatic carbocycles. The smallest absolute Gasteiger partial charge is 0.237 e. The van der Waals surface area contributed by atoms with E-state index in [9.17, 15) is 4.79 Å². The standard InChI is InChI=1S/C32H38N2O/c1-24(28-16-12-14-26-13-8-9-15-29(26)28)33-22-11-7-10-21-32(5,6)30(35)34-23-25-17-19-27(20-18-25)31(2,3)4/h7-9,11-20,24,33H,22-23H2,1-6H3,(H,34,35)/t24-/m1/s1. The SMILES string of the molecule is C[C@@H](NCC=CC#CC(C)(C)C(=O)NCc1ccc(C(C)(C)C)cc1)c1cccc2ccccc12. The summed E-state index contributed by atoms with van der Waals surface area (Å²) in [6.45, 7) is 13.7. The lowest BCUT2D eigenvalue weighted by Gasteiger charge is -2.20. The van der Waals surface area contributed by atoms with E-state index in [1.165, 1.54) is 21.9 Å². The first-order valence-corrected chi connectivity index (χ1v) is 12.3. The number of amides is 1. The molecule has 3 rings (SSSR count). The summed E-state index contributed by atoms with van der Waals surface area (Å²) in [5.41, 5.74) is 3.01. The lowest BCUT2D eigenvalue weighted by atomic mass is 9.87. The molecule has 0 aliphatic rings. The molecule has 3 nitrogen and oxygen atoms in total. The Kier molecular flexibility index (Phi) is 8.54. The van der Waals surface area contributed by atoms with Crippen LogP contribution in [0.2, 0.25) is 0 Å². The zero-order valence-electron chi connectivity index (χ0n) is 21.9. The summed E-state index contributed by atoms with van der Waals surface area (Å²) in [5.74, 6) is 6.06. The summed E-state index contributed by atoms with van der Waals surface area (Å²) in [6, 6.07) is 23.5. The maximum Gasteiger partial charge on any atom is 0.237 e. The van der Waals surface area contributed by atoms with Gasteiger partial charge in [-0.3, -0.25) is 4.79 Å². The number of carbonyl (C=O) groups is 1. The average molecular weight is 467 g/mol. The average Bonchev–Trinajstić information content (AvgIpc) is 2.83. The van der Waals surface area contributed by atoms with E-state index in [0.717, 1.165) is 5.56 Å². The predicted octanol–water partition coefficient (Wildman–Crippen LogP) is 6.69. The first kappa shape index (κ1) is 26.3. The number of hydrogen-bond acceptors (Lipinski definition) is 2. The van der Waals surface area contributed by atoms with Crippen LogP contribution >= 0.6 is 0 Å². The van der Waals surface area contributed by atoms with Crippen LogP contribution in [0.1, 0.15) is 64.3 Å². The minimum absolute atomic E-state index is 0.0685. The van der Waals surface area contributed by atoms with Gasteiger partial charge in [-0.25, -0.2) is 0 Å². The number of benzene rings is 3. The van der Waals surface area contributed by atoms with Gasteiger partial charge in [0.25, 0.3) is 0 Å². The van der Waals surface area contributed by atoms with Gasteiger partial charge in [0, 0.05) is 19.1 Å². The van der Waals surface area contributed by atoms with Gasteiger partial charge in [0.2, 0.25) is 5.91 Å². The zero-order chi connectivity index (χ0) is 25.5. The van der Waals surface area contributed by atoms with Gasteiger partial charge in [-0.05, 0) is 59.7 Å². The Bertz CT molecular complexity index is 1230. The monoisotopic (exact) mass is 466 g/mol. The molecule has 2 N–H and O–H groups in total. The first-order chi connectivity index (χ1) is 16.6. The second-order valence-corrected chi connectivity index (χ2v) is 10.6. The first-order valence-electron chi connectivity index (χ1n) is 12.3. The van der Waals surface area contributed by atoms with Gasteiger partial charge >= 0.3 is 0 Å². The van der Waals surface area contributed by atoms with Crippen molar-refractivity contribution < 1.29 is 4.79 Å². The summed E-state index contributed by atoms with van der Waals surface area (Å²) in [5, 5.41) is 9.08. The molecule has 0 spiro atoms. The van der Waals surface area contributed by atoms with Crippen molar-refractivity contribution in [3.63, 3.8) is 0 Å². The molecule has 3 heteroatoms. The Labute approximate surface area is 211 Å². The van der Waals surface area contributed by atoms with Gasteiger partial charge in [0.05, 0.1) is 0 Å². The lowest BCUT2D eigenvalue weighted by Crippen LogP contribution is -2.35. The minimum atomic E-state index is -0.765. The number of rotatable bonds is 7. The van der Waals surface area contributed by atoms with Crippen LogP contribution in [0.15, 0.2) is 78.9 Å². The number of allylic oxidation sites excluding steroid dienone is 1. The fraction of sp³-hybridized carbons (Fsp3) is 0.344. The molecule has 35 heavy (non-hydrogen) atoms. The largest absolute Gasteiger partial charge is 0.351 e. The van der Waals surface area contributed by atoms with Crippen molar-refractivity contribution in [2.24, 2.45) is 5.41 Å². The van der Waals surface area contributed by atoms with E-state index in [2.05, 4.69) is 117 Å². The Morgan fingerprint density at radius 1 is 0.943 bits per heavy atom. The summed E-state index contributed by atoms with van der Waals surface area (Å²) in [7, 11) is 0. The minimum Gasteiger partial charge on any atom is -0.351 e. The summed E-state index contributed by atoms with van der Waals surface area (Å²) >= 11 is 0. The Morgan fingerprint density at radius 2 is 1.63 bits per heavy atom. The van der Waals surface area contributed by atoms with E-state index in [0.29, 0.717) is 13.1 Å². The Hall–Kier alpha value is -3.35. The molecule has 0 saturated heterocycles. The van der Waals surface area contributed by atoms with Gasteiger partial charge in [-0.2, -0.15) is 0 Å². The summed E-state index contributed by atoms with van der Waals surface area (Å²) in [6.07, 6.45) is 3.82. The van der Waals surface area contributed by atoms with Crippen LogP contribution in [0.25, 0.3) is 10.8 Å². The highest BCUT2D eigenvalue weighted by Crippen LogP contribution is 2.24. The number of hydrogen-bond donors (Lipinski definition) is 2. The molecule has 0 bridgehead atoms. The molecule has 1 amide bonds. The van der Waals surface area contributed by atoms with Crippen molar-refractivity contribution in [2.45, 2.75) is 59.5 Å². The number of fused-ring (bicyclic) bond motifs is 1. The van der Waals surface area contributed by atoms with Crippen LogP contribution in [0.4, 0.5) is 0 Å². The van der Waals surface area contributed by atoms with Crippen LogP contribution < -0.4 is 10.6 Å². The second-order valence-electron chi connectivity index (χ2n) is 10.6. The van der Waals surface area contributed by atoms with Crippen molar-refractivity contribution in [2.75, 3.05) is 6.54 Å². The van der Waals surface area contributed by atoms with E-state index in [-0.39, 0.29) is 17.4 Å². The number of carbonyl (C=O) groups excluding carboxylic acids is 1. The molecule has 0 unspecified atom stereocenters. The highest BCUT2D eigenvalue weighted by atomic mass is 16.2.